The highest BCUT2D eigenvalue weighted by Gasteiger charge is 2.35. The third kappa shape index (κ3) is 5.28. The standard InChI is InChI=1S/C25H25ClN4O4/c1-15-12-20(16(2)27-19-10-11-21(26)29-23(19)24(31)32)28-22(13-15)30-18(14-34-25(30)33)9-8-17-6-4-3-5-7-17/h3-7,10-13,16,18,27H,8-9,14H2,1-2H3,(H,31,32)/t16-,18+/m1/s1. The van der Waals surface area contributed by atoms with Gasteiger partial charge in [-0.25, -0.2) is 19.6 Å². The molecule has 9 heteroatoms. The number of halogens is 1. The number of ether oxygens (including phenoxy) is 1. The summed E-state index contributed by atoms with van der Waals surface area (Å²) in [7, 11) is 0. The Kier molecular flexibility index (Phi) is 6.98. The molecular formula is C25H25ClN4O4. The smallest absolute Gasteiger partial charge is 0.415 e. The van der Waals surface area contributed by atoms with Crippen LogP contribution in [0.15, 0.2) is 54.6 Å². The van der Waals surface area contributed by atoms with E-state index in [4.69, 9.17) is 21.3 Å². The molecule has 34 heavy (non-hydrogen) atoms. The second kappa shape index (κ2) is 10.1. The number of carbonyl (C=O) groups excluding carboxylic acids is 1. The Hall–Kier alpha value is -3.65. The number of carboxylic acid groups (broad SMARTS) is 1. The van der Waals surface area contributed by atoms with Crippen LogP contribution in [0, 0.1) is 6.92 Å². The summed E-state index contributed by atoms with van der Waals surface area (Å²) >= 11 is 5.86. The largest absolute Gasteiger partial charge is 0.476 e. The van der Waals surface area contributed by atoms with Crippen LogP contribution in [0.25, 0.3) is 0 Å². The Bertz CT molecular complexity index is 1200. The van der Waals surface area contributed by atoms with Gasteiger partial charge in [0, 0.05) is 0 Å². The zero-order valence-electron chi connectivity index (χ0n) is 18.9. The lowest BCUT2D eigenvalue weighted by atomic mass is 10.0. The Labute approximate surface area is 202 Å². The molecule has 0 bridgehead atoms. The molecule has 0 aliphatic carbocycles. The van der Waals surface area contributed by atoms with Crippen molar-refractivity contribution in [2.75, 3.05) is 16.8 Å². The molecule has 176 valence electrons. The van der Waals surface area contributed by atoms with E-state index < -0.39 is 12.1 Å². The summed E-state index contributed by atoms with van der Waals surface area (Å²) in [6.45, 7) is 4.10. The number of nitrogens with one attached hydrogen (secondary N) is 1. The van der Waals surface area contributed by atoms with Gasteiger partial charge in [-0.05, 0) is 62.1 Å². The maximum Gasteiger partial charge on any atom is 0.415 e. The highest BCUT2D eigenvalue weighted by molar-refractivity contribution is 6.29. The Morgan fingerprint density at radius 2 is 2.00 bits per heavy atom. The number of nitrogens with zero attached hydrogens (tertiary/aromatic N) is 3. The molecule has 0 spiro atoms. The topological polar surface area (TPSA) is 105 Å². The van der Waals surface area contributed by atoms with Crippen molar-refractivity contribution in [3.05, 3.63) is 82.3 Å². The van der Waals surface area contributed by atoms with Crippen molar-refractivity contribution in [1.29, 1.82) is 0 Å². The summed E-state index contributed by atoms with van der Waals surface area (Å²) in [6, 6.07) is 16.5. The van der Waals surface area contributed by atoms with Gasteiger partial charge in [0.1, 0.15) is 17.6 Å². The molecule has 3 aromatic rings. The van der Waals surface area contributed by atoms with Gasteiger partial charge in [-0.15, -0.1) is 0 Å². The molecular weight excluding hydrogens is 456 g/mol. The molecule has 1 fully saturated rings. The van der Waals surface area contributed by atoms with Gasteiger partial charge in [-0.3, -0.25) is 4.90 Å². The lowest BCUT2D eigenvalue weighted by Crippen LogP contribution is -2.35. The van der Waals surface area contributed by atoms with Gasteiger partial charge in [0.25, 0.3) is 0 Å². The molecule has 0 saturated carbocycles. The molecule has 0 unspecified atom stereocenters. The summed E-state index contributed by atoms with van der Waals surface area (Å²) in [6.07, 6.45) is 1.14. The molecule has 1 saturated heterocycles. The molecule has 2 atom stereocenters. The molecule has 1 aromatic carbocycles. The molecule has 8 nitrogen and oxygen atoms in total. The van der Waals surface area contributed by atoms with E-state index in [9.17, 15) is 14.7 Å². The fraction of sp³-hybridized carbons (Fsp3) is 0.280. The van der Waals surface area contributed by atoms with Crippen molar-refractivity contribution in [3.8, 4) is 0 Å². The number of aromatic carboxylic acids is 1. The third-order valence-corrected chi connectivity index (χ3v) is 5.88. The van der Waals surface area contributed by atoms with Crippen molar-refractivity contribution in [3.63, 3.8) is 0 Å². The van der Waals surface area contributed by atoms with E-state index >= 15 is 0 Å². The number of aromatic nitrogens is 2. The van der Waals surface area contributed by atoms with Crippen LogP contribution in [0.5, 0.6) is 0 Å². The summed E-state index contributed by atoms with van der Waals surface area (Å²) in [5, 5.41) is 12.7. The van der Waals surface area contributed by atoms with Gasteiger partial charge in [0.2, 0.25) is 0 Å². The summed E-state index contributed by atoms with van der Waals surface area (Å²) in [5.41, 5.74) is 2.93. The number of hydrogen-bond donors (Lipinski definition) is 2. The van der Waals surface area contributed by atoms with Crippen molar-refractivity contribution >= 4 is 35.2 Å². The highest BCUT2D eigenvalue weighted by Crippen LogP contribution is 2.28. The number of rotatable bonds is 8. The third-order valence-electron chi connectivity index (χ3n) is 5.67. The van der Waals surface area contributed by atoms with Crippen LogP contribution in [-0.2, 0) is 11.2 Å². The summed E-state index contributed by atoms with van der Waals surface area (Å²) in [4.78, 5) is 34.4. The number of carbonyl (C=O) groups is 2. The van der Waals surface area contributed by atoms with Gasteiger partial charge in [-0.2, -0.15) is 0 Å². The van der Waals surface area contributed by atoms with Crippen LogP contribution in [0.3, 0.4) is 0 Å². The Morgan fingerprint density at radius 3 is 2.74 bits per heavy atom. The summed E-state index contributed by atoms with van der Waals surface area (Å²) < 4.78 is 5.36. The molecule has 2 N–H and O–H groups in total. The van der Waals surface area contributed by atoms with E-state index in [-0.39, 0.29) is 22.9 Å². The first-order valence-electron chi connectivity index (χ1n) is 11.0. The molecule has 4 rings (SSSR count). The van der Waals surface area contributed by atoms with E-state index in [1.807, 2.05) is 44.2 Å². The average molecular weight is 481 g/mol. The molecule has 0 radical (unpaired) electrons. The van der Waals surface area contributed by atoms with Crippen molar-refractivity contribution in [2.24, 2.45) is 0 Å². The zero-order chi connectivity index (χ0) is 24.2. The first kappa shape index (κ1) is 23.5. The van der Waals surface area contributed by atoms with E-state index in [0.717, 1.165) is 18.4 Å². The van der Waals surface area contributed by atoms with E-state index in [2.05, 4.69) is 22.4 Å². The first-order valence-corrected chi connectivity index (χ1v) is 11.3. The Morgan fingerprint density at radius 1 is 1.24 bits per heavy atom. The number of aryl methyl sites for hydroxylation is 2. The maximum atomic E-state index is 12.6. The zero-order valence-corrected chi connectivity index (χ0v) is 19.6. The fourth-order valence-corrected chi connectivity index (χ4v) is 4.12. The molecule has 1 aliphatic heterocycles. The molecule has 2 aromatic heterocycles. The van der Waals surface area contributed by atoms with Gasteiger partial charge >= 0.3 is 12.1 Å². The van der Waals surface area contributed by atoms with E-state index in [1.54, 1.807) is 11.0 Å². The molecule has 1 aliphatic rings. The minimum Gasteiger partial charge on any atom is -0.476 e. The van der Waals surface area contributed by atoms with Crippen LogP contribution >= 0.6 is 11.6 Å². The van der Waals surface area contributed by atoms with Crippen molar-refractivity contribution < 1.29 is 19.4 Å². The lowest BCUT2D eigenvalue weighted by molar-refractivity contribution is 0.0691. The van der Waals surface area contributed by atoms with E-state index in [0.29, 0.717) is 23.8 Å². The van der Waals surface area contributed by atoms with Gasteiger partial charge in [-0.1, -0.05) is 41.9 Å². The SMILES string of the molecule is Cc1cc([C@@H](C)Nc2ccc(Cl)nc2C(=O)O)nc(N2C(=O)OC[C@@H]2CCc2ccccc2)c1. The lowest BCUT2D eigenvalue weighted by Gasteiger charge is -2.23. The summed E-state index contributed by atoms with van der Waals surface area (Å²) in [5.74, 6) is -0.673. The molecule has 1 amide bonds. The fourth-order valence-electron chi connectivity index (χ4n) is 3.97. The minimum absolute atomic E-state index is 0.0978. The quantitative estimate of drug-likeness (QED) is 0.423. The van der Waals surface area contributed by atoms with Crippen LogP contribution < -0.4 is 10.2 Å². The Balaban J connectivity index is 1.56. The predicted octanol–water partition coefficient (Wildman–Crippen LogP) is 5.27. The van der Waals surface area contributed by atoms with Crippen LogP contribution in [0.1, 0.15) is 46.7 Å². The van der Waals surface area contributed by atoms with Crippen molar-refractivity contribution in [2.45, 2.75) is 38.8 Å². The number of carboxylic acids is 1. The van der Waals surface area contributed by atoms with Crippen LogP contribution in [0.4, 0.5) is 16.3 Å². The monoisotopic (exact) mass is 480 g/mol. The van der Waals surface area contributed by atoms with E-state index in [1.165, 1.54) is 11.6 Å². The number of cyclic esters (lactones) is 1. The number of amides is 1. The van der Waals surface area contributed by atoms with Crippen LogP contribution in [-0.4, -0.2) is 39.8 Å². The second-order valence-electron chi connectivity index (χ2n) is 8.25. The minimum atomic E-state index is -1.18. The van der Waals surface area contributed by atoms with Gasteiger partial charge in [0.05, 0.1) is 23.5 Å². The molecule has 3 heterocycles. The number of anilines is 2. The van der Waals surface area contributed by atoms with Gasteiger partial charge < -0.3 is 15.2 Å². The maximum absolute atomic E-state index is 12.6. The second-order valence-corrected chi connectivity index (χ2v) is 8.64. The number of hydrogen-bond acceptors (Lipinski definition) is 6. The number of pyridine rings is 2. The normalized spacial score (nSPS) is 16.3. The van der Waals surface area contributed by atoms with Crippen LogP contribution in [0.2, 0.25) is 5.15 Å². The number of benzene rings is 1. The van der Waals surface area contributed by atoms with Gasteiger partial charge in [0.15, 0.2) is 5.69 Å². The highest BCUT2D eigenvalue weighted by atomic mass is 35.5. The average Bonchev–Trinajstić information content (AvgIpc) is 3.19. The first-order chi connectivity index (χ1) is 16.3. The predicted molar refractivity (Wildman–Crippen MR) is 130 cm³/mol. The van der Waals surface area contributed by atoms with Crippen molar-refractivity contribution in [1.82, 2.24) is 9.97 Å².